The highest BCUT2D eigenvalue weighted by molar-refractivity contribution is 5.05. The van der Waals surface area contributed by atoms with E-state index in [1.807, 2.05) is 12.3 Å². The fourth-order valence-electron chi connectivity index (χ4n) is 2.77. The first-order valence-corrected chi connectivity index (χ1v) is 6.66. The Labute approximate surface area is 102 Å². The summed E-state index contributed by atoms with van der Waals surface area (Å²) in [5, 5.41) is 3.53. The number of nitrogens with one attached hydrogen (secondary N) is 1. The van der Waals surface area contributed by atoms with Gasteiger partial charge in [-0.2, -0.15) is 0 Å². The van der Waals surface area contributed by atoms with Gasteiger partial charge in [0.2, 0.25) is 0 Å². The highest BCUT2D eigenvalue weighted by Gasteiger charge is 2.52. The van der Waals surface area contributed by atoms with Crippen LogP contribution in [0.1, 0.15) is 25.7 Å². The second-order valence-electron chi connectivity index (χ2n) is 5.55. The van der Waals surface area contributed by atoms with Crippen LogP contribution in [0.5, 0.6) is 0 Å². The average Bonchev–Trinajstić information content (AvgIpc) is 3.18. The molecule has 2 aliphatic carbocycles. The third-order valence-corrected chi connectivity index (χ3v) is 4.24. The van der Waals surface area contributed by atoms with E-state index >= 15 is 0 Å². The minimum atomic E-state index is 0.0950. The van der Waals surface area contributed by atoms with Crippen LogP contribution in [0, 0.1) is 11.3 Å². The van der Waals surface area contributed by atoms with Gasteiger partial charge in [0, 0.05) is 31.9 Å². The van der Waals surface area contributed by atoms with E-state index in [0.29, 0.717) is 5.41 Å². The number of aromatic nitrogens is 1. The van der Waals surface area contributed by atoms with Crippen LogP contribution >= 0.6 is 0 Å². The zero-order valence-electron chi connectivity index (χ0n) is 10.2. The Hall–Kier alpha value is -1.09. The van der Waals surface area contributed by atoms with Crippen LogP contribution in [0.4, 0.5) is 0 Å². The molecule has 1 heterocycles. The lowest BCUT2D eigenvalue weighted by Crippen LogP contribution is -2.30. The predicted octanol–water partition coefficient (Wildman–Crippen LogP) is 1.63. The third kappa shape index (κ3) is 2.44. The molecule has 2 saturated carbocycles. The molecule has 0 amide bonds. The van der Waals surface area contributed by atoms with Gasteiger partial charge in [-0.15, -0.1) is 0 Å². The molecule has 1 N–H and O–H groups in total. The highest BCUT2D eigenvalue weighted by Crippen LogP contribution is 2.60. The molecule has 0 atom stereocenters. The molecule has 0 bridgehead atoms. The van der Waals surface area contributed by atoms with E-state index in [1.54, 1.807) is 16.7 Å². The van der Waals surface area contributed by atoms with Crippen molar-refractivity contribution in [1.29, 1.82) is 0 Å². The molecule has 17 heavy (non-hydrogen) atoms. The van der Waals surface area contributed by atoms with Gasteiger partial charge in [0.1, 0.15) is 0 Å². The molecule has 1 aromatic heterocycles. The predicted molar refractivity (Wildman–Crippen MR) is 68.0 cm³/mol. The van der Waals surface area contributed by atoms with Gasteiger partial charge < -0.3 is 9.88 Å². The zero-order valence-corrected chi connectivity index (χ0v) is 10.2. The van der Waals surface area contributed by atoms with Crippen molar-refractivity contribution in [3.05, 3.63) is 34.7 Å². The Morgan fingerprint density at radius 2 is 2.18 bits per heavy atom. The average molecular weight is 232 g/mol. The summed E-state index contributed by atoms with van der Waals surface area (Å²) in [4.78, 5) is 11.5. The maximum Gasteiger partial charge on any atom is 0.250 e. The number of hydrogen-bond donors (Lipinski definition) is 1. The standard InChI is InChI=1S/C14H20N2O/c17-13-3-1-2-9-16(13)10-8-15-11-14(6-7-14)12-4-5-12/h1-3,9,12,15H,4-8,10-11H2. The summed E-state index contributed by atoms with van der Waals surface area (Å²) in [5.74, 6) is 1.01. The molecule has 0 aliphatic heterocycles. The Morgan fingerprint density at radius 1 is 1.35 bits per heavy atom. The molecule has 1 aromatic rings. The topological polar surface area (TPSA) is 34.0 Å². The summed E-state index contributed by atoms with van der Waals surface area (Å²) < 4.78 is 1.77. The Morgan fingerprint density at radius 3 is 2.82 bits per heavy atom. The van der Waals surface area contributed by atoms with E-state index in [9.17, 15) is 4.79 Å². The van der Waals surface area contributed by atoms with Crippen LogP contribution in [0.25, 0.3) is 0 Å². The lowest BCUT2D eigenvalue weighted by molar-refractivity contribution is 0.398. The van der Waals surface area contributed by atoms with E-state index < -0.39 is 0 Å². The molecule has 3 rings (SSSR count). The number of nitrogens with zero attached hydrogens (tertiary/aromatic N) is 1. The first-order chi connectivity index (χ1) is 8.30. The Kier molecular flexibility index (Phi) is 2.79. The minimum absolute atomic E-state index is 0.0950. The van der Waals surface area contributed by atoms with Crippen LogP contribution in [-0.4, -0.2) is 17.7 Å². The molecule has 0 unspecified atom stereocenters. The summed E-state index contributed by atoms with van der Waals surface area (Å²) in [5.41, 5.74) is 0.749. The van der Waals surface area contributed by atoms with Crippen molar-refractivity contribution in [1.82, 2.24) is 9.88 Å². The van der Waals surface area contributed by atoms with Crippen molar-refractivity contribution in [3.8, 4) is 0 Å². The van der Waals surface area contributed by atoms with Gasteiger partial charge in [-0.25, -0.2) is 0 Å². The van der Waals surface area contributed by atoms with E-state index in [-0.39, 0.29) is 5.56 Å². The summed E-state index contributed by atoms with van der Waals surface area (Å²) in [6, 6.07) is 5.32. The molecular weight excluding hydrogens is 212 g/mol. The quantitative estimate of drug-likeness (QED) is 0.756. The van der Waals surface area contributed by atoms with Gasteiger partial charge in [-0.1, -0.05) is 6.07 Å². The summed E-state index contributed by atoms with van der Waals surface area (Å²) >= 11 is 0. The molecule has 92 valence electrons. The number of rotatable bonds is 6. The van der Waals surface area contributed by atoms with E-state index in [4.69, 9.17) is 0 Å². The van der Waals surface area contributed by atoms with Gasteiger partial charge in [0.05, 0.1) is 0 Å². The normalized spacial score (nSPS) is 21.4. The monoisotopic (exact) mass is 232 g/mol. The van der Waals surface area contributed by atoms with Crippen LogP contribution in [-0.2, 0) is 6.54 Å². The summed E-state index contributed by atoms with van der Waals surface area (Å²) in [6.45, 7) is 2.83. The molecule has 2 aliphatic rings. The molecule has 3 nitrogen and oxygen atoms in total. The van der Waals surface area contributed by atoms with Crippen molar-refractivity contribution >= 4 is 0 Å². The Balaban J connectivity index is 1.44. The summed E-state index contributed by atoms with van der Waals surface area (Å²) in [6.07, 6.45) is 7.57. The van der Waals surface area contributed by atoms with Crippen LogP contribution in [0.2, 0.25) is 0 Å². The second-order valence-corrected chi connectivity index (χ2v) is 5.55. The smallest absolute Gasteiger partial charge is 0.250 e. The highest BCUT2D eigenvalue weighted by atomic mass is 16.1. The fraction of sp³-hybridized carbons (Fsp3) is 0.643. The van der Waals surface area contributed by atoms with Crippen LogP contribution in [0.15, 0.2) is 29.2 Å². The first-order valence-electron chi connectivity index (χ1n) is 6.66. The van der Waals surface area contributed by atoms with Crippen molar-refractivity contribution in [2.45, 2.75) is 32.2 Å². The summed E-state index contributed by atoms with van der Waals surface area (Å²) in [7, 11) is 0. The number of pyridine rings is 1. The van der Waals surface area contributed by atoms with Crippen LogP contribution < -0.4 is 10.9 Å². The lowest BCUT2D eigenvalue weighted by atomic mass is 10.0. The SMILES string of the molecule is O=c1ccccn1CCNCC1(C2CC2)CC1. The maximum atomic E-state index is 11.5. The van der Waals surface area contributed by atoms with Crippen molar-refractivity contribution < 1.29 is 0 Å². The zero-order chi connectivity index (χ0) is 11.7. The van der Waals surface area contributed by atoms with Crippen molar-refractivity contribution in [2.75, 3.05) is 13.1 Å². The van der Waals surface area contributed by atoms with Crippen LogP contribution in [0.3, 0.4) is 0 Å². The van der Waals surface area contributed by atoms with Gasteiger partial charge in [0.15, 0.2) is 0 Å². The molecule has 0 spiro atoms. The largest absolute Gasteiger partial charge is 0.314 e. The second kappa shape index (κ2) is 4.30. The van der Waals surface area contributed by atoms with Gasteiger partial charge in [-0.05, 0) is 43.1 Å². The van der Waals surface area contributed by atoms with Crippen molar-refractivity contribution in [3.63, 3.8) is 0 Å². The van der Waals surface area contributed by atoms with Gasteiger partial charge in [0.25, 0.3) is 5.56 Å². The van der Waals surface area contributed by atoms with Gasteiger partial charge >= 0.3 is 0 Å². The van der Waals surface area contributed by atoms with E-state index in [0.717, 1.165) is 25.6 Å². The molecule has 3 heteroatoms. The van der Waals surface area contributed by atoms with Crippen molar-refractivity contribution in [2.24, 2.45) is 11.3 Å². The lowest BCUT2D eigenvalue weighted by Gasteiger charge is -2.15. The molecule has 0 saturated heterocycles. The van der Waals surface area contributed by atoms with E-state index in [1.165, 1.54) is 25.7 Å². The number of hydrogen-bond acceptors (Lipinski definition) is 2. The third-order valence-electron chi connectivity index (χ3n) is 4.24. The van der Waals surface area contributed by atoms with Gasteiger partial charge in [-0.3, -0.25) is 4.79 Å². The molecular formula is C14H20N2O. The molecule has 2 fully saturated rings. The fourth-order valence-corrected chi connectivity index (χ4v) is 2.77. The molecule has 0 radical (unpaired) electrons. The first kappa shape index (κ1) is 11.0. The molecule has 0 aromatic carbocycles. The van der Waals surface area contributed by atoms with E-state index in [2.05, 4.69) is 5.32 Å². The maximum absolute atomic E-state index is 11.5. The Bertz CT molecular complexity index is 444. The minimum Gasteiger partial charge on any atom is -0.314 e.